The van der Waals surface area contributed by atoms with Crippen molar-refractivity contribution in [3.8, 4) is 0 Å². The fourth-order valence-corrected chi connectivity index (χ4v) is 4.68. The summed E-state index contributed by atoms with van der Waals surface area (Å²) in [6, 6.07) is 10.3. The quantitative estimate of drug-likeness (QED) is 0.447. The highest BCUT2D eigenvalue weighted by Crippen LogP contribution is 2.53. The smallest absolute Gasteiger partial charge is 0.0989 e. The lowest BCUT2D eigenvalue weighted by molar-refractivity contribution is 0.0861. The Balaban J connectivity index is 2.07. The van der Waals surface area contributed by atoms with Crippen molar-refractivity contribution in [3.63, 3.8) is 0 Å². The molecule has 32 heavy (non-hydrogen) atoms. The normalized spacial score (nSPS) is 27.6. The van der Waals surface area contributed by atoms with E-state index in [2.05, 4.69) is 85.0 Å². The van der Waals surface area contributed by atoms with Crippen LogP contribution in [0.1, 0.15) is 68.2 Å². The Hall–Kier alpha value is -2.42. The third-order valence-electron chi connectivity index (χ3n) is 8.29. The Kier molecular flexibility index (Phi) is 6.19. The summed E-state index contributed by atoms with van der Waals surface area (Å²) in [7, 11) is 0. The van der Waals surface area contributed by atoms with Gasteiger partial charge < -0.3 is 15.5 Å². The largest absolute Gasteiger partial charge is 0.512 e. The maximum atomic E-state index is 10.8. The Morgan fingerprint density at radius 3 is 1.50 bits per heavy atom. The first-order valence-corrected chi connectivity index (χ1v) is 11.7. The van der Waals surface area contributed by atoms with Gasteiger partial charge in [-0.15, -0.1) is 0 Å². The maximum Gasteiger partial charge on any atom is 0.0989 e. The highest BCUT2D eigenvalue weighted by molar-refractivity contribution is 5.52. The van der Waals surface area contributed by atoms with Gasteiger partial charge in [-0.3, -0.25) is 0 Å². The van der Waals surface area contributed by atoms with Crippen molar-refractivity contribution in [2.24, 2.45) is 21.7 Å². The highest BCUT2D eigenvalue weighted by atomic mass is 16.3. The Morgan fingerprint density at radius 2 is 1.12 bits per heavy atom. The molecule has 2 unspecified atom stereocenters. The summed E-state index contributed by atoms with van der Waals surface area (Å²) in [5.41, 5.74) is 2.67. The molecular weight excluding hydrogens is 394 g/mol. The molecule has 0 aromatic heterocycles. The van der Waals surface area contributed by atoms with Crippen LogP contribution < -0.4 is 5.32 Å². The van der Waals surface area contributed by atoms with Crippen LogP contribution in [0.25, 0.3) is 0 Å². The summed E-state index contributed by atoms with van der Waals surface area (Å²) in [5, 5.41) is 25.4. The van der Waals surface area contributed by atoms with Gasteiger partial charge in [0.25, 0.3) is 0 Å². The minimum absolute atomic E-state index is 0.0190. The van der Waals surface area contributed by atoms with Gasteiger partial charge in [0, 0.05) is 16.5 Å². The predicted octanol–water partition coefficient (Wildman–Crippen LogP) is 8.12. The zero-order valence-corrected chi connectivity index (χ0v) is 21.1. The van der Waals surface area contributed by atoms with Crippen LogP contribution in [0.5, 0.6) is 0 Å². The molecule has 0 radical (unpaired) electrons. The van der Waals surface area contributed by atoms with Gasteiger partial charge in [-0.25, -0.2) is 0 Å². The number of allylic oxidation sites excluding steroid dienone is 6. The molecule has 3 heteroatoms. The molecule has 0 bridgehead atoms. The van der Waals surface area contributed by atoms with E-state index in [1.807, 2.05) is 30.4 Å². The number of para-hydroxylation sites is 1. The average molecular weight is 436 g/mol. The molecule has 0 saturated heterocycles. The van der Waals surface area contributed by atoms with Gasteiger partial charge in [0.05, 0.1) is 17.6 Å². The van der Waals surface area contributed by atoms with Crippen molar-refractivity contribution < 1.29 is 10.2 Å². The van der Waals surface area contributed by atoms with Gasteiger partial charge >= 0.3 is 0 Å². The Morgan fingerprint density at radius 1 is 0.719 bits per heavy atom. The molecule has 3 nitrogen and oxygen atoms in total. The van der Waals surface area contributed by atoms with Crippen LogP contribution in [-0.2, 0) is 0 Å². The lowest BCUT2D eigenvalue weighted by atomic mass is 9.59. The maximum absolute atomic E-state index is 10.8. The van der Waals surface area contributed by atoms with Gasteiger partial charge in [-0.1, -0.05) is 85.7 Å². The first-order chi connectivity index (χ1) is 14.7. The molecule has 0 aliphatic heterocycles. The van der Waals surface area contributed by atoms with Gasteiger partial charge in [0.15, 0.2) is 0 Å². The Labute approximate surface area is 194 Å². The summed E-state index contributed by atoms with van der Waals surface area (Å²) >= 11 is 0. The first-order valence-electron chi connectivity index (χ1n) is 11.7. The zero-order valence-electron chi connectivity index (χ0n) is 21.1. The molecule has 0 saturated carbocycles. The molecule has 1 aromatic rings. The summed E-state index contributed by atoms with van der Waals surface area (Å²) < 4.78 is 0. The predicted molar refractivity (Wildman–Crippen MR) is 136 cm³/mol. The molecule has 2 atom stereocenters. The number of anilines is 1. The van der Waals surface area contributed by atoms with Gasteiger partial charge in [0.1, 0.15) is 0 Å². The van der Waals surface area contributed by atoms with Crippen molar-refractivity contribution >= 4 is 5.69 Å². The number of aliphatic hydroxyl groups is 2. The molecule has 174 valence electrons. The van der Waals surface area contributed by atoms with Gasteiger partial charge in [-0.2, -0.15) is 0 Å². The number of benzene rings is 1. The topological polar surface area (TPSA) is 52.5 Å². The van der Waals surface area contributed by atoms with E-state index in [1.54, 1.807) is 0 Å². The van der Waals surface area contributed by atoms with Crippen LogP contribution in [0.15, 0.2) is 77.3 Å². The molecular formula is C29H41NO2. The van der Waals surface area contributed by atoms with Crippen LogP contribution >= 0.6 is 0 Å². The van der Waals surface area contributed by atoms with Crippen molar-refractivity contribution in [1.29, 1.82) is 0 Å². The second-order valence-electron chi connectivity index (χ2n) is 12.0. The fourth-order valence-electron chi connectivity index (χ4n) is 4.68. The van der Waals surface area contributed by atoms with Crippen molar-refractivity contribution in [1.82, 2.24) is 0 Å². The van der Waals surface area contributed by atoms with E-state index in [0.717, 1.165) is 18.5 Å². The van der Waals surface area contributed by atoms with Crippen LogP contribution in [-0.4, -0.2) is 16.3 Å². The molecule has 2 aliphatic rings. The van der Waals surface area contributed by atoms with E-state index in [1.165, 1.54) is 11.1 Å². The summed E-state index contributed by atoms with van der Waals surface area (Å²) in [5.74, 6) is 0.892. The molecule has 0 fully saturated rings. The van der Waals surface area contributed by atoms with E-state index in [4.69, 9.17) is 0 Å². The van der Waals surface area contributed by atoms with E-state index in [-0.39, 0.29) is 27.7 Å². The minimum Gasteiger partial charge on any atom is -0.512 e. The second-order valence-corrected chi connectivity index (χ2v) is 12.0. The number of aliphatic hydroxyl groups excluding tert-OH is 2. The standard InChI is InChI=1S/C29H41NO2/c1-26(2,3)28(7)18-20(14-16-23(28)31)25(30-22-12-10-9-11-13-22)21-15-17-24(32)29(8,19-21)27(4,5)6/h9-17,25,30-32H,18-19H2,1-8H3. The second kappa shape index (κ2) is 8.17. The van der Waals surface area contributed by atoms with Crippen LogP contribution in [0.2, 0.25) is 0 Å². The Bertz CT molecular complexity index is 909. The van der Waals surface area contributed by atoms with Crippen LogP contribution in [0.4, 0.5) is 5.69 Å². The summed E-state index contributed by atoms with van der Waals surface area (Å²) in [6.45, 7) is 17.5. The lowest BCUT2D eigenvalue weighted by Gasteiger charge is -2.47. The molecule has 3 N–H and O–H groups in total. The van der Waals surface area contributed by atoms with E-state index >= 15 is 0 Å². The third kappa shape index (κ3) is 4.27. The number of hydrogen-bond donors (Lipinski definition) is 3. The molecule has 0 heterocycles. The van der Waals surface area contributed by atoms with Crippen LogP contribution in [0, 0.1) is 21.7 Å². The molecule has 2 aliphatic carbocycles. The van der Waals surface area contributed by atoms with Crippen molar-refractivity contribution in [2.75, 3.05) is 5.32 Å². The van der Waals surface area contributed by atoms with E-state index in [0.29, 0.717) is 11.5 Å². The SMILES string of the molecule is CC(C)(C)C1(C)CC(C(Nc2ccccc2)C2=CC=C(O)C(C)(C(C)(C)C)C2)=CC=C1O. The highest BCUT2D eigenvalue weighted by Gasteiger charge is 2.47. The number of rotatable bonds is 4. The van der Waals surface area contributed by atoms with Gasteiger partial charge in [-0.05, 0) is 59.1 Å². The molecule has 0 amide bonds. The lowest BCUT2D eigenvalue weighted by Crippen LogP contribution is -2.42. The molecule has 1 aromatic carbocycles. The van der Waals surface area contributed by atoms with E-state index in [9.17, 15) is 10.2 Å². The number of hydrogen-bond acceptors (Lipinski definition) is 3. The number of nitrogens with one attached hydrogen (secondary N) is 1. The van der Waals surface area contributed by atoms with E-state index < -0.39 is 0 Å². The minimum atomic E-state index is -0.353. The average Bonchev–Trinajstić information content (AvgIpc) is 2.70. The molecule has 3 rings (SSSR count). The summed E-state index contributed by atoms with van der Waals surface area (Å²) in [4.78, 5) is 0. The van der Waals surface area contributed by atoms with Crippen molar-refractivity contribution in [2.45, 2.75) is 74.3 Å². The first kappa shape index (κ1) is 24.2. The monoisotopic (exact) mass is 435 g/mol. The van der Waals surface area contributed by atoms with Crippen LogP contribution in [0.3, 0.4) is 0 Å². The molecule has 0 spiro atoms. The van der Waals surface area contributed by atoms with Gasteiger partial charge in [0.2, 0.25) is 0 Å². The zero-order chi connectivity index (χ0) is 23.9. The third-order valence-corrected chi connectivity index (χ3v) is 8.29. The fraction of sp³-hybridized carbons (Fsp3) is 0.517. The van der Waals surface area contributed by atoms with Crippen molar-refractivity contribution in [3.05, 3.63) is 77.3 Å². The summed E-state index contributed by atoms with van der Waals surface area (Å²) in [6.07, 6.45) is 9.45.